The van der Waals surface area contributed by atoms with Crippen LogP contribution in [0.25, 0.3) is 0 Å². The van der Waals surface area contributed by atoms with E-state index in [1.807, 2.05) is 58.0 Å². The zero-order chi connectivity index (χ0) is 32.0. The molecule has 2 aliphatic rings. The molecule has 9 nitrogen and oxygen atoms in total. The van der Waals surface area contributed by atoms with E-state index in [1.54, 1.807) is 4.90 Å². The van der Waals surface area contributed by atoms with Crippen molar-refractivity contribution in [3.63, 3.8) is 0 Å². The van der Waals surface area contributed by atoms with Crippen LogP contribution in [0.5, 0.6) is 0 Å². The van der Waals surface area contributed by atoms with Gasteiger partial charge in [0.05, 0.1) is 18.4 Å². The summed E-state index contributed by atoms with van der Waals surface area (Å²) < 4.78 is 25.0. The fourth-order valence-corrected chi connectivity index (χ4v) is 6.50. The van der Waals surface area contributed by atoms with Crippen molar-refractivity contribution in [1.29, 1.82) is 0 Å². The standard InChI is InChI=1S/C34H44FN3O6/c1-6-27(37-33(42)44-34(2,3)4)22-12-14-23(15-13-22)31(40)38-19-18-25(21-10-8-7-9-11-21)29(38)30(39)36-28-17-16-24(20-26(28)35)32(41)43-5/h7-11,16-17,20,22-23,25,27,29H,6,12-15,18-19H2,1-5H3,(H,36,39)(H,37,42)/t22-,23-,25-,27?,29+/m1/s1. The number of esters is 1. The van der Waals surface area contributed by atoms with Crippen molar-refractivity contribution >= 4 is 29.6 Å². The Morgan fingerprint density at radius 3 is 2.27 bits per heavy atom. The maximum atomic E-state index is 14.9. The van der Waals surface area contributed by atoms with Crippen molar-refractivity contribution in [3.8, 4) is 0 Å². The number of amides is 3. The Bertz CT molecular complexity index is 1340. The fraction of sp³-hybridized carbons (Fsp3) is 0.529. The lowest BCUT2D eigenvalue weighted by molar-refractivity contribution is -0.141. The van der Waals surface area contributed by atoms with Gasteiger partial charge in [0.25, 0.3) is 0 Å². The molecular formula is C34H44FN3O6. The number of hydrogen-bond donors (Lipinski definition) is 2. The first-order valence-corrected chi connectivity index (χ1v) is 15.5. The largest absolute Gasteiger partial charge is 0.465 e. The van der Waals surface area contributed by atoms with Gasteiger partial charge in [0.1, 0.15) is 17.5 Å². The zero-order valence-corrected chi connectivity index (χ0v) is 26.2. The number of halogens is 1. The molecule has 0 radical (unpaired) electrons. The number of nitrogens with zero attached hydrogens (tertiary/aromatic N) is 1. The molecule has 0 spiro atoms. The molecular weight excluding hydrogens is 565 g/mol. The highest BCUT2D eigenvalue weighted by Crippen LogP contribution is 2.39. The molecule has 1 heterocycles. The van der Waals surface area contributed by atoms with Crippen molar-refractivity contribution in [2.75, 3.05) is 19.0 Å². The second kappa shape index (κ2) is 14.2. The predicted octanol–water partition coefficient (Wildman–Crippen LogP) is 6.05. The Kier molecular flexibility index (Phi) is 10.7. The van der Waals surface area contributed by atoms with Gasteiger partial charge in [0.15, 0.2) is 0 Å². The zero-order valence-electron chi connectivity index (χ0n) is 26.2. The molecule has 2 aromatic carbocycles. The summed E-state index contributed by atoms with van der Waals surface area (Å²) in [6, 6.07) is 12.4. The van der Waals surface area contributed by atoms with Crippen LogP contribution < -0.4 is 10.6 Å². The van der Waals surface area contributed by atoms with Gasteiger partial charge in [-0.1, -0.05) is 37.3 Å². The van der Waals surface area contributed by atoms with Gasteiger partial charge in [-0.3, -0.25) is 9.59 Å². The molecule has 238 valence electrons. The van der Waals surface area contributed by atoms with Crippen molar-refractivity contribution in [2.45, 2.75) is 89.8 Å². The van der Waals surface area contributed by atoms with Gasteiger partial charge in [-0.25, -0.2) is 14.0 Å². The molecule has 2 fully saturated rings. The summed E-state index contributed by atoms with van der Waals surface area (Å²) in [6.07, 6.45) is 3.78. The maximum Gasteiger partial charge on any atom is 0.407 e. The van der Waals surface area contributed by atoms with Gasteiger partial charge in [-0.05, 0) is 89.0 Å². The van der Waals surface area contributed by atoms with E-state index in [4.69, 9.17) is 4.74 Å². The number of ether oxygens (including phenoxy) is 2. The summed E-state index contributed by atoms with van der Waals surface area (Å²) in [4.78, 5) is 53.6. The highest BCUT2D eigenvalue weighted by molar-refractivity contribution is 5.99. The quantitative estimate of drug-likeness (QED) is 0.353. The molecule has 2 N–H and O–H groups in total. The maximum absolute atomic E-state index is 14.9. The average Bonchev–Trinajstić information content (AvgIpc) is 3.45. The number of benzene rings is 2. The molecule has 10 heteroatoms. The van der Waals surface area contributed by atoms with Gasteiger partial charge in [0, 0.05) is 24.4 Å². The lowest BCUT2D eigenvalue weighted by atomic mass is 9.77. The number of alkyl carbamates (subject to hydrolysis) is 1. The van der Waals surface area contributed by atoms with E-state index in [2.05, 4.69) is 15.4 Å². The first-order valence-electron chi connectivity index (χ1n) is 15.5. The summed E-state index contributed by atoms with van der Waals surface area (Å²) in [5.74, 6) is -2.27. The van der Waals surface area contributed by atoms with Crippen molar-refractivity contribution in [3.05, 3.63) is 65.5 Å². The van der Waals surface area contributed by atoms with Gasteiger partial charge in [-0.2, -0.15) is 0 Å². The van der Waals surface area contributed by atoms with E-state index in [0.717, 1.165) is 30.9 Å². The van der Waals surface area contributed by atoms with Crippen LogP contribution in [-0.2, 0) is 19.1 Å². The van der Waals surface area contributed by atoms with Gasteiger partial charge >= 0.3 is 12.1 Å². The molecule has 1 aliphatic carbocycles. The number of nitrogens with one attached hydrogen (secondary N) is 2. The van der Waals surface area contributed by atoms with E-state index in [9.17, 15) is 23.6 Å². The summed E-state index contributed by atoms with van der Waals surface area (Å²) in [7, 11) is 1.21. The number of methoxy groups -OCH3 is 1. The molecule has 1 saturated carbocycles. The molecule has 1 unspecified atom stereocenters. The van der Waals surface area contributed by atoms with Crippen molar-refractivity contribution in [2.24, 2.45) is 11.8 Å². The molecule has 4 rings (SSSR count). The lowest BCUT2D eigenvalue weighted by Crippen LogP contribution is -2.49. The molecule has 44 heavy (non-hydrogen) atoms. The molecule has 3 atom stereocenters. The van der Waals surface area contributed by atoms with Crippen LogP contribution in [0, 0.1) is 17.7 Å². The Morgan fingerprint density at radius 1 is 1.00 bits per heavy atom. The third-order valence-corrected chi connectivity index (χ3v) is 8.66. The average molecular weight is 610 g/mol. The van der Waals surface area contributed by atoms with Crippen LogP contribution >= 0.6 is 0 Å². The van der Waals surface area contributed by atoms with Crippen LogP contribution in [-0.4, -0.2) is 60.1 Å². The third-order valence-electron chi connectivity index (χ3n) is 8.66. The molecule has 2 aromatic rings. The second-order valence-corrected chi connectivity index (χ2v) is 12.7. The topological polar surface area (TPSA) is 114 Å². The summed E-state index contributed by atoms with van der Waals surface area (Å²) in [5.41, 5.74) is 0.315. The van der Waals surface area contributed by atoms with E-state index in [1.165, 1.54) is 19.2 Å². The van der Waals surface area contributed by atoms with Gasteiger partial charge in [-0.15, -0.1) is 0 Å². The van der Waals surface area contributed by atoms with E-state index in [0.29, 0.717) is 25.8 Å². The number of rotatable bonds is 8. The number of likely N-dealkylation sites (tertiary alicyclic amines) is 1. The number of carbonyl (C=O) groups is 4. The predicted molar refractivity (Wildman–Crippen MR) is 165 cm³/mol. The van der Waals surface area contributed by atoms with Crippen molar-refractivity contribution in [1.82, 2.24) is 10.2 Å². The normalized spacial score (nSPS) is 22.5. The molecule has 1 aliphatic heterocycles. The number of anilines is 1. The Hall–Kier alpha value is -3.95. The molecule has 1 saturated heterocycles. The molecule has 3 amide bonds. The third kappa shape index (κ3) is 7.95. The Labute approximate surface area is 258 Å². The number of hydrogen-bond acceptors (Lipinski definition) is 6. The first-order chi connectivity index (χ1) is 20.9. The van der Waals surface area contributed by atoms with Crippen LogP contribution in [0.1, 0.15) is 88.1 Å². The van der Waals surface area contributed by atoms with Crippen LogP contribution in [0.3, 0.4) is 0 Å². The summed E-state index contributed by atoms with van der Waals surface area (Å²) >= 11 is 0. The van der Waals surface area contributed by atoms with Crippen LogP contribution in [0.15, 0.2) is 48.5 Å². The highest BCUT2D eigenvalue weighted by atomic mass is 19.1. The smallest absolute Gasteiger partial charge is 0.407 e. The Morgan fingerprint density at radius 2 is 1.68 bits per heavy atom. The van der Waals surface area contributed by atoms with Crippen molar-refractivity contribution < 1.29 is 33.0 Å². The van der Waals surface area contributed by atoms with E-state index < -0.39 is 35.4 Å². The Balaban J connectivity index is 1.47. The highest BCUT2D eigenvalue weighted by Gasteiger charge is 2.45. The minimum Gasteiger partial charge on any atom is -0.465 e. The lowest BCUT2D eigenvalue weighted by Gasteiger charge is -2.36. The first kappa shape index (κ1) is 33.0. The molecule has 0 aromatic heterocycles. The van der Waals surface area contributed by atoms with Crippen LogP contribution in [0.4, 0.5) is 14.9 Å². The summed E-state index contributed by atoms with van der Waals surface area (Å²) in [6.45, 7) is 7.93. The summed E-state index contributed by atoms with van der Waals surface area (Å²) in [5, 5.41) is 5.69. The monoisotopic (exact) mass is 609 g/mol. The van der Waals surface area contributed by atoms with E-state index in [-0.39, 0.29) is 41.0 Å². The number of carbonyl (C=O) groups excluding carboxylic acids is 4. The van der Waals surface area contributed by atoms with Crippen LogP contribution in [0.2, 0.25) is 0 Å². The van der Waals surface area contributed by atoms with E-state index >= 15 is 0 Å². The van der Waals surface area contributed by atoms with Gasteiger partial charge in [0.2, 0.25) is 11.8 Å². The minimum atomic E-state index is -0.820. The second-order valence-electron chi connectivity index (χ2n) is 12.7. The minimum absolute atomic E-state index is 0.0324. The fourth-order valence-electron chi connectivity index (χ4n) is 6.50. The van der Waals surface area contributed by atoms with Gasteiger partial charge < -0.3 is 25.0 Å². The SMILES string of the molecule is CCC(NC(=O)OC(C)(C)C)[C@H]1CC[C@H](C(=O)N2CC[C@H](c3ccccc3)[C@H]2C(=O)Nc2ccc(C(=O)OC)cc2F)CC1. The molecule has 0 bridgehead atoms.